The molecule has 0 aliphatic rings. The third kappa shape index (κ3) is 56.7. The largest absolute Gasteiger partial charge is 0.462 e. The maximum atomic E-state index is 12.8. The first-order chi connectivity index (χ1) is 34.0. The predicted molar refractivity (Wildman–Crippen MR) is 298 cm³/mol. The second-order valence-corrected chi connectivity index (χ2v) is 21.0. The van der Waals surface area contributed by atoms with Crippen molar-refractivity contribution in [1.82, 2.24) is 0 Å². The number of rotatable bonds is 57. The number of carbonyl (C=O) groups is 3. The zero-order chi connectivity index (χ0) is 50.0. The summed E-state index contributed by atoms with van der Waals surface area (Å²) in [6.07, 6.45) is 69.2. The summed E-state index contributed by atoms with van der Waals surface area (Å²) in [7, 11) is 0. The smallest absolute Gasteiger partial charge is 0.306 e. The number of hydrogen-bond donors (Lipinski definition) is 0. The minimum Gasteiger partial charge on any atom is -0.462 e. The lowest BCUT2D eigenvalue weighted by Gasteiger charge is -2.18. The fraction of sp³-hybridized carbons (Fsp3) is 0.889. The SMILES string of the molecule is CCCCCCCCCC/C=C\CCCCCCCCCCCCCC(=O)OCC(COC(=O)CCCCCCCCC)OC(=O)CCCCCCCCCCC/C=C\CCCCCCCCCC. The maximum absolute atomic E-state index is 12.8. The Morgan fingerprint density at radius 3 is 0.725 bits per heavy atom. The molecule has 1 unspecified atom stereocenters. The van der Waals surface area contributed by atoms with E-state index in [9.17, 15) is 14.4 Å². The number of ether oxygens (including phenoxy) is 3. The van der Waals surface area contributed by atoms with Crippen molar-refractivity contribution in [2.45, 2.75) is 348 Å². The summed E-state index contributed by atoms with van der Waals surface area (Å²) in [5.41, 5.74) is 0. The van der Waals surface area contributed by atoms with Crippen molar-refractivity contribution in [3.63, 3.8) is 0 Å². The Labute approximate surface area is 430 Å². The Bertz CT molecular complexity index is 1110. The number of allylic oxidation sites excluding steroid dienone is 4. The second kappa shape index (κ2) is 58.5. The lowest BCUT2D eigenvalue weighted by atomic mass is 10.0. The summed E-state index contributed by atoms with van der Waals surface area (Å²) in [4.78, 5) is 38.0. The first-order valence-corrected chi connectivity index (χ1v) is 30.8. The van der Waals surface area contributed by atoms with E-state index in [-0.39, 0.29) is 31.1 Å². The summed E-state index contributed by atoms with van der Waals surface area (Å²) in [6.45, 7) is 6.65. The van der Waals surface area contributed by atoms with Crippen molar-refractivity contribution in [3.8, 4) is 0 Å². The standard InChI is InChI=1S/C63H118O6/c1-4-7-10-13-16-18-20-22-24-26-28-30-31-33-34-36-38-40-42-44-47-50-53-56-62(65)68-59-60(58-67-61(64)55-52-49-46-15-12-9-6-3)69-63(66)57-54-51-48-45-43-41-39-37-35-32-29-27-25-23-21-19-17-14-11-8-5-2/h26-29,60H,4-25,30-59H2,1-3H3/b28-26-,29-27-. The van der Waals surface area contributed by atoms with Gasteiger partial charge in [-0.05, 0) is 70.6 Å². The Morgan fingerprint density at radius 2 is 0.478 bits per heavy atom. The van der Waals surface area contributed by atoms with Crippen molar-refractivity contribution in [1.29, 1.82) is 0 Å². The van der Waals surface area contributed by atoms with Gasteiger partial charge in [0.2, 0.25) is 0 Å². The van der Waals surface area contributed by atoms with Crippen molar-refractivity contribution in [3.05, 3.63) is 24.3 Å². The molecule has 1 atom stereocenters. The first kappa shape index (κ1) is 66.9. The Morgan fingerprint density at radius 1 is 0.275 bits per heavy atom. The van der Waals surface area contributed by atoms with E-state index < -0.39 is 6.10 Å². The summed E-state index contributed by atoms with van der Waals surface area (Å²) >= 11 is 0. The molecule has 0 aliphatic carbocycles. The molecule has 0 aliphatic heterocycles. The molecule has 0 rings (SSSR count). The summed E-state index contributed by atoms with van der Waals surface area (Å²) < 4.78 is 16.8. The highest BCUT2D eigenvalue weighted by molar-refractivity contribution is 5.71. The van der Waals surface area contributed by atoms with Crippen LogP contribution in [0.3, 0.4) is 0 Å². The van der Waals surface area contributed by atoms with E-state index in [2.05, 4.69) is 45.1 Å². The molecule has 0 N–H and O–H groups in total. The average molecular weight is 972 g/mol. The number of hydrogen-bond acceptors (Lipinski definition) is 6. The lowest BCUT2D eigenvalue weighted by molar-refractivity contribution is -0.167. The molecule has 0 saturated carbocycles. The van der Waals surface area contributed by atoms with Gasteiger partial charge in [-0.3, -0.25) is 14.4 Å². The molecule has 0 radical (unpaired) electrons. The Balaban J connectivity index is 4.12. The maximum Gasteiger partial charge on any atom is 0.306 e. The monoisotopic (exact) mass is 971 g/mol. The van der Waals surface area contributed by atoms with E-state index in [1.165, 1.54) is 244 Å². The fourth-order valence-corrected chi connectivity index (χ4v) is 9.26. The van der Waals surface area contributed by atoms with Gasteiger partial charge in [-0.2, -0.15) is 0 Å². The van der Waals surface area contributed by atoms with Gasteiger partial charge in [-0.15, -0.1) is 0 Å². The molecule has 0 spiro atoms. The minimum absolute atomic E-state index is 0.0685. The van der Waals surface area contributed by atoms with Crippen LogP contribution in [0, 0.1) is 0 Å². The third-order valence-electron chi connectivity index (χ3n) is 13.9. The van der Waals surface area contributed by atoms with E-state index in [1.807, 2.05) is 0 Å². The number of esters is 3. The zero-order valence-corrected chi connectivity index (χ0v) is 46.6. The van der Waals surface area contributed by atoms with E-state index in [0.29, 0.717) is 19.3 Å². The van der Waals surface area contributed by atoms with Crippen LogP contribution in [0.15, 0.2) is 24.3 Å². The summed E-state index contributed by atoms with van der Waals surface area (Å²) in [5.74, 6) is -0.858. The van der Waals surface area contributed by atoms with Crippen molar-refractivity contribution in [2.75, 3.05) is 13.2 Å². The van der Waals surface area contributed by atoms with Crippen molar-refractivity contribution >= 4 is 17.9 Å². The highest BCUT2D eigenvalue weighted by atomic mass is 16.6. The van der Waals surface area contributed by atoms with Crippen LogP contribution in [0.1, 0.15) is 342 Å². The summed E-state index contributed by atoms with van der Waals surface area (Å²) in [6, 6.07) is 0. The van der Waals surface area contributed by atoms with Gasteiger partial charge in [0.1, 0.15) is 13.2 Å². The summed E-state index contributed by atoms with van der Waals surface area (Å²) in [5, 5.41) is 0. The average Bonchev–Trinajstić information content (AvgIpc) is 3.35. The van der Waals surface area contributed by atoms with Gasteiger partial charge < -0.3 is 14.2 Å². The number of unbranched alkanes of at least 4 members (excludes halogenated alkanes) is 42. The van der Waals surface area contributed by atoms with Crippen LogP contribution in [-0.4, -0.2) is 37.2 Å². The molecule has 0 saturated heterocycles. The van der Waals surface area contributed by atoms with E-state index in [4.69, 9.17) is 14.2 Å². The van der Waals surface area contributed by atoms with Gasteiger partial charge in [-0.1, -0.05) is 276 Å². The molecule has 6 nitrogen and oxygen atoms in total. The molecule has 0 aromatic rings. The van der Waals surface area contributed by atoms with Crippen LogP contribution in [0.2, 0.25) is 0 Å². The normalized spacial score (nSPS) is 12.1. The minimum atomic E-state index is -0.768. The van der Waals surface area contributed by atoms with Gasteiger partial charge in [0.15, 0.2) is 6.10 Å². The van der Waals surface area contributed by atoms with E-state index >= 15 is 0 Å². The van der Waals surface area contributed by atoms with Crippen LogP contribution < -0.4 is 0 Å². The third-order valence-corrected chi connectivity index (χ3v) is 13.9. The molecular weight excluding hydrogens is 853 g/mol. The van der Waals surface area contributed by atoms with E-state index in [1.54, 1.807) is 0 Å². The first-order valence-electron chi connectivity index (χ1n) is 30.8. The van der Waals surface area contributed by atoms with Crippen LogP contribution in [0.25, 0.3) is 0 Å². The quantitative estimate of drug-likeness (QED) is 0.0261. The van der Waals surface area contributed by atoms with Gasteiger partial charge in [0, 0.05) is 19.3 Å². The fourth-order valence-electron chi connectivity index (χ4n) is 9.26. The Kier molecular flexibility index (Phi) is 56.7. The van der Waals surface area contributed by atoms with Gasteiger partial charge in [0.05, 0.1) is 0 Å². The molecular formula is C63H118O6. The van der Waals surface area contributed by atoms with Gasteiger partial charge in [0.25, 0.3) is 0 Å². The van der Waals surface area contributed by atoms with Crippen molar-refractivity contribution < 1.29 is 28.6 Å². The van der Waals surface area contributed by atoms with Crippen LogP contribution in [0.4, 0.5) is 0 Å². The molecule has 0 amide bonds. The lowest BCUT2D eigenvalue weighted by Crippen LogP contribution is -2.30. The second-order valence-electron chi connectivity index (χ2n) is 21.0. The zero-order valence-electron chi connectivity index (χ0n) is 46.6. The predicted octanol–water partition coefficient (Wildman–Crippen LogP) is 20.7. The molecule has 6 heteroatoms. The Hall–Kier alpha value is -2.11. The molecule has 0 heterocycles. The molecule has 0 aromatic carbocycles. The van der Waals surface area contributed by atoms with Crippen molar-refractivity contribution in [2.24, 2.45) is 0 Å². The molecule has 406 valence electrons. The highest BCUT2D eigenvalue weighted by Gasteiger charge is 2.19. The van der Waals surface area contributed by atoms with E-state index in [0.717, 1.165) is 57.8 Å². The number of carbonyl (C=O) groups excluding carboxylic acids is 3. The molecule has 0 fully saturated rings. The van der Waals surface area contributed by atoms with Crippen LogP contribution in [-0.2, 0) is 28.6 Å². The van der Waals surface area contributed by atoms with Crippen LogP contribution in [0.5, 0.6) is 0 Å². The topological polar surface area (TPSA) is 78.9 Å². The van der Waals surface area contributed by atoms with Gasteiger partial charge >= 0.3 is 17.9 Å². The molecule has 69 heavy (non-hydrogen) atoms. The highest BCUT2D eigenvalue weighted by Crippen LogP contribution is 2.17. The van der Waals surface area contributed by atoms with Gasteiger partial charge in [-0.25, -0.2) is 0 Å². The molecule has 0 aromatic heterocycles. The molecule has 0 bridgehead atoms. The van der Waals surface area contributed by atoms with Crippen LogP contribution >= 0.6 is 0 Å².